The molecule has 2 aromatic rings. The van der Waals surface area contributed by atoms with Crippen LogP contribution in [0.5, 0.6) is 0 Å². The van der Waals surface area contributed by atoms with E-state index in [1.807, 2.05) is 12.3 Å². The molecular weight excluding hydrogens is 248 g/mol. The molecule has 0 spiro atoms. The third-order valence-electron chi connectivity index (χ3n) is 4.63. The van der Waals surface area contributed by atoms with Gasteiger partial charge in [0.2, 0.25) is 0 Å². The molecule has 1 fully saturated rings. The van der Waals surface area contributed by atoms with Gasteiger partial charge in [0.25, 0.3) is 0 Å². The lowest BCUT2D eigenvalue weighted by molar-refractivity contribution is 0.254. The molecule has 1 aromatic carbocycles. The van der Waals surface area contributed by atoms with Gasteiger partial charge in [-0.05, 0) is 36.8 Å². The number of nitrogens with two attached hydrogens (primary N) is 1. The molecule has 20 heavy (non-hydrogen) atoms. The first-order valence-corrected chi connectivity index (χ1v) is 7.64. The molecule has 4 nitrogen and oxygen atoms in total. The number of fused-ring (bicyclic) bond motifs is 1. The Morgan fingerprint density at radius 1 is 1.30 bits per heavy atom. The number of H-pyrrole nitrogens is 1. The van der Waals surface area contributed by atoms with Gasteiger partial charge in [-0.1, -0.05) is 26.7 Å². The zero-order valence-electron chi connectivity index (χ0n) is 12.3. The smallest absolute Gasteiger partial charge is 0.0672 e. The number of hydrogen-bond acceptors (Lipinski definition) is 3. The first-order valence-electron chi connectivity index (χ1n) is 7.64. The van der Waals surface area contributed by atoms with Gasteiger partial charge in [0.05, 0.1) is 23.1 Å². The molecule has 4 heteroatoms. The number of benzene rings is 1. The summed E-state index contributed by atoms with van der Waals surface area (Å²) in [6.07, 6.45) is 7.04. The highest BCUT2D eigenvalue weighted by Gasteiger charge is 2.27. The van der Waals surface area contributed by atoms with Crippen molar-refractivity contribution in [3.8, 4) is 0 Å². The Morgan fingerprint density at radius 3 is 2.90 bits per heavy atom. The Labute approximate surface area is 120 Å². The molecular formula is C16H24N4. The molecule has 0 radical (unpaired) electrons. The quantitative estimate of drug-likeness (QED) is 0.745. The fourth-order valence-corrected chi connectivity index (χ4v) is 3.47. The number of aromatic nitrogens is 2. The lowest BCUT2D eigenvalue weighted by Gasteiger charge is -2.35. The van der Waals surface area contributed by atoms with E-state index in [9.17, 15) is 0 Å². The number of nitrogens with zero attached hydrogens (tertiary/aromatic N) is 1. The zero-order valence-corrected chi connectivity index (χ0v) is 12.3. The zero-order chi connectivity index (χ0) is 14.1. The summed E-state index contributed by atoms with van der Waals surface area (Å²) in [4.78, 5) is 0. The Hall–Kier alpha value is -1.71. The number of nitrogen functional groups attached to an aromatic ring is 1. The van der Waals surface area contributed by atoms with E-state index < -0.39 is 0 Å². The van der Waals surface area contributed by atoms with Gasteiger partial charge >= 0.3 is 0 Å². The lowest BCUT2D eigenvalue weighted by atomic mass is 9.77. The maximum atomic E-state index is 6.18. The van der Waals surface area contributed by atoms with E-state index in [0.717, 1.165) is 28.2 Å². The van der Waals surface area contributed by atoms with Crippen molar-refractivity contribution in [3.05, 3.63) is 18.3 Å². The highest BCUT2D eigenvalue weighted by Crippen LogP contribution is 2.34. The van der Waals surface area contributed by atoms with Gasteiger partial charge in [-0.3, -0.25) is 5.10 Å². The third kappa shape index (κ3) is 2.47. The van der Waals surface area contributed by atoms with Crippen LogP contribution < -0.4 is 11.1 Å². The van der Waals surface area contributed by atoms with Crippen molar-refractivity contribution in [2.75, 3.05) is 11.1 Å². The number of aromatic amines is 1. The van der Waals surface area contributed by atoms with Gasteiger partial charge in [-0.2, -0.15) is 5.10 Å². The SMILES string of the molecule is CC(C)C1CCCCC1Nc1cc2[nH]ncc2cc1N. The number of nitrogens with one attached hydrogen (secondary N) is 2. The second kappa shape index (κ2) is 5.35. The van der Waals surface area contributed by atoms with Gasteiger partial charge in [0.15, 0.2) is 0 Å². The summed E-state index contributed by atoms with van der Waals surface area (Å²) in [6.45, 7) is 4.65. The second-order valence-electron chi connectivity index (χ2n) is 6.34. The number of hydrogen-bond donors (Lipinski definition) is 3. The Balaban J connectivity index is 1.85. The van der Waals surface area contributed by atoms with E-state index in [1.165, 1.54) is 25.7 Å². The molecule has 2 unspecified atom stereocenters. The Morgan fingerprint density at radius 2 is 2.10 bits per heavy atom. The first kappa shape index (κ1) is 13.3. The highest BCUT2D eigenvalue weighted by atomic mass is 15.1. The van der Waals surface area contributed by atoms with E-state index in [2.05, 4.69) is 35.4 Å². The molecule has 0 bridgehead atoms. The minimum atomic E-state index is 0.534. The van der Waals surface area contributed by atoms with Crippen molar-refractivity contribution in [2.24, 2.45) is 11.8 Å². The monoisotopic (exact) mass is 272 g/mol. The number of anilines is 2. The van der Waals surface area contributed by atoms with Crippen molar-refractivity contribution >= 4 is 22.3 Å². The molecule has 1 aliphatic rings. The maximum Gasteiger partial charge on any atom is 0.0672 e. The van der Waals surface area contributed by atoms with Crippen LogP contribution in [0, 0.1) is 11.8 Å². The molecule has 0 saturated heterocycles. The minimum Gasteiger partial charge on any atom is -0.397 e. The summed E-state index contributed by atoms with van der Waals surface area (Å²) in [5.74, 6) is 1.45. The summed E-state index contributed by atoms with van der Waals surface area (Å²) in [6, 6.07) is 4.62. The summed E-state index contributed by atoms with van der Waals surface area (Å²) >= 11 is 0. The molecule has 0 aliphatic heterocycles. The van der Waals surface area contributed by atoms with E-state index in [-0.39, 0.29) is 0 Å². The molecule has 108 valence electrons. The van der Waals surface area contributed by atoms with E-state index in [0.29, 0.717) is 12.0 Å². The molecule has 1 saturated carbocycles. The standard InChI is InChI=1S/C16H24N4/c1-10(2)12-5-3-4-6-14(12)19-16-8-15-11(7-13(16)17)9-18-20-15/h7-10,12,14,19H,3-6,17H2,1-2H3,(H,18,20). The van der Waals surface area contributed by atoms with Crippen molar-refractivity contribution in [3.63, 3.8) is 0 Å². The van der Waals surface area contributed by atoms with Crippen molar-refractivity contribution in [1.82, 2.24) is 10.2 Å². The normalized spacial score (nSPS) is 23.4. The second-order valence-corrected chi connectivity index (χ2v) is 6.34. The predicted octanol–water partition coefficient (Wildman–Crippen LogP) is 3.77. The molecule has 1 aromatic heterocycles. The topological polar surface area (TPSA) is 66.7 Å². The van der Waals surface area contributed by atoms with Crippen LogP contribution >= 0.6 is 0 Å². The van der Waals surface area contributed by atoms with Crippen LogP contribution in [0.4, 0.5) is 11.4 Å². The molecule has 4 N–H and O–H groups in total. The predicted molar refractivity (Wildman–Crippen MR) is 84.7 cm³/mol. The van der Waals surface area contributed by atoms with Crippen molar-refractivity contribution in [1.29, 1.82) is 0 Å². The van der Waals surface area contributed by atoms with Crippen LogP contribution in [-0.2, 0) is 0 Å². The molecule has 3 rings (SSSR count). The summed E-state index contributed by atoms with van der Waals surface area (Å²) < 4.78 is 0. The average molecular weight is 272 g/mol. The van der Waals surface area contributed by atoms with Crippen LogP contribution in [0.2, 0.25) is 0 Å². The fraction of sp³-hybridized carbons (Fsp3) is 0.562. The van der Waals surface area contributed by atoms with Crippen LogP contribution in [0.1, 0.15) is 39.5 Å². The Bertz CT molecular complexity index is 587. The van der Waals surface area contributed by atoms with Crippen LogP contribution in [-0.4, -0.2) is 16.2 Å². The van der Waals surface area contributed by atoms with E-state index in [1.54, 1.807) is 0 Å². The van der Waals surface area contributed by atoms with Crippen LogP contribution in [0.3, 0.4) is 0 Å². The Kier molecular flexibility index (Phi) is 3.55. The van der Waals surface area contributed by atoms with Gasteiger partial charge in [0.1, 0.15) is 0 Å². The molecule has 1 aliphatic carbocycles. The first-order chi connectivity index (χ1) is 9.65. The van der Waals surface area contributed by atoms with Gasteiger partial charge in [0, 0.05) is 11.4 Å². The van der Waals surface area contributed by atoms with Gasteiger partial charge in [-0.15, -0.1) is 0 Å². The molecule has 1 heterocycles. The van der Waals surface area contributed by atoms with E-state index >= 15 is 0 Å². The molecule has 0 amide bonds. The van der Waals surface area contributed by atoms with Crippen molar-refractivity contribution < 1.29 is 0 Å². The van der Waals surface area contributed by atoms with Gasteiger partial charge in [-0.25, -0.2) is 0 Å². The van der Waals surface area contributed by atoms with Crippen LogP contribution in [0.25, 0.3) is 10.9 Å². The van der Waals surface area contributed by atoms with E-state index in [4.69, 9.17) is 5.73 Å². The minimum absolute atomic E-state index is 0.534. The number of rotatable bonds is 3. The summed E-state index contributed by atoms with van der Waals surface area (Å²) in [5.41, 5.74) is 9.07. The fourth-order valence-electron chi connectivity index (χ4n) is 3.47. The average Bonchev–Trinajstić information content (AvgIpc) is 2.86. The van der Waals surface area contributed by atoms with Crippen molar-refractivity contribution in [2.45, 2.75) is 45.6 Å². The summed E-state index contributed by atoms with van der Waals surface area (Å²) in [5, 5.41) is 11.8. The lowest BCUT2D eigenvalue weighted by Crippen LogP contribution is -2.35. The molecule has 2 atom stereocenters. The summed E-state index contributed by atoms with van der Waals surface area (Å²) in [7, 11) is 0. The third-order valence-corrected chi connectivity index (χ3v) is 4.63. The van der Waals surface area contributed by atoms with Crippen LogP contribution in [0.15, 0.2) is 18.3 Å². The highest BCUT2D eigenvalue weighted by molar-refractivity contribution is 5.88. The maximum absolute atomic E-state index is 6.18. The largest absolute Gasteiger partial charge is 0.397 e. The van der Waals surface area contributed by atoms with Gasteiger partial charge < -0.3 is 11.1 Å².